The van der Waals surface area contributed by atoms with Crippen molar-refractivity contribution in [3.63, 3.8) is 0 Å². The lowest BCUT2D eigenvalue weighted by atomic mass is 9.62. The lowest BCUT2D eigenvalue weighted by molar-refractivity contribution is -0.154. The third-order valence-corrected chi connectivity index (χ3v) is 8.84. The van der Waals surface area contributed by atoms with Gasteiger partial charge in [-0.1, -0.05) is 38.8 Å². The quantitative estimate of drug-likeness (QED) is 0.266. The van der Waals surface area contributed by atoms with E-state index >= 15 is 0 Å². The van der Waals surface area contributed by atoms with Crippen molar-refractivity contribution >= 4 is 17.7 Å². The molecule has 3 rings (SSSR count). The third kappa shape index (κ3) is 5.11. The standard InChI is InChI=1S/C29H47N3O5/c1-7-10-12-17-31(16-9-3)27(36)24-29-20-21(4)28(5,37-29)22(25(34)30(6)15-8-2)23(29)26(35)32(24)18-13-11-14-19-33/h8-9,21-24,33H,2-3,7,10-20H2,1,4-6H3/t21?,22-,23+,24?,28+,29?/m1/s1. The van der Waals surface area contributed by atoms with Gasteiger partial charge in [-0.3, -0.25) is 14.4 Å². The van der Waals surface area contributed by atoms with Gasteiger partial charge in [0.25, 0.3) is 0 Å². The lowest BCUT2D eigenvalue weighted by Crippen LogP contribution is -2.57. The molecule has 0 saturated carbocycles. The van der Waals surface area contributed by atoms with Gasteiger partial charge in [0.1, 0.15) is 11.6 Å². The molecule has 0 aromatic carbocycles. The van der Waals surface area contributed by atoms with Gasteiger partial charge in [0.15, 0.2) is 0 Å². The fraction of sp³-hybridized carbons (Fsp3) is 0.759. The molecule has 208 valence electrons. The van der Waals surface area contributed by atoms with Crippen molar-refractivity contribution in [2.75, 3.05) is 39.8 Å². The topological polar surface area (TPSA) is 90.4 Å². The molecule has 3 fully saturated rings. The van der Waals surface area contributed by atoms with Crippen LogP contribution in [0.5, 0.6) is 0 Å². The van der Waals surface area contributed by atoms with Gasteiger partial charge in [-0.15, -0.1) is 13.2 Å². The van der Waals surface area contributed by atoms with E-state index in [9.17, 15) is 19.5 Å². The number of fused-ring (bicyclic) bond motifs is 1. The summed E-state index contributed by atoms with van der Waals surface area (Å²) in [7, 11) is 1.73. The normalized spacial score (nSPS) is 31.9. The van der Waals surface area contributed by atoms with Gasteiger partial charge < -0.3 is 24.5 Å². The van der Waals surface area contributed by atoms with Crippen molar-refractivity contribution in [2.24, 2.45) is 17.8 Å². The lowest BCUT2D eigenvalue weighted by Gasteiger charge is -2.38. The van der Waals surface area contributed by atoms with E-state index in [-0.39, 0.29) is 30.2 Å². The monoisotopic (exact) mass is 517 g/mol. The molecule has 0 radical (unpaired) electrons. The van der Waals surface area contributed by atoms with Crippen LogP contribution in [0.25, 0.3) is 0 Å². The number of carbonyl (C=O) groups is 3. The molecule has 0 aromatic rings. The molecule has 2 bridgehead atoms. The number of ether oxygens (including phenoxy) is 1. The Morgan fingerprint density at radius 3 is 2.46 bits per heavy atom. The third-order valence-electron chi connectivity index (χ3n) is 8.84. The van der Waals surface area contributed by atoms with E-state index in [4.69, 9.17) is 4.74 Å². The Morgan fingerprint density at radius 1 is 1.14 bits per heavy atom. The van der Waals surface area contributed by atoms with Gasteiger partial charge in [-0.25, -0.2) is 0 Å². The van der Waals surface area contributed by atoms with Crippen LogP contribution >= 0.6 is 0 Å². The number of likely N-dealkylation sites (tertiary alicyclic amines) is 1. The first-order chi connectivity index (χ1) is 17.6. The van der Waals surface area contributed by atoms with Gasteiger partial charge in [-0.2, -0.15) is 0 Å². The second kappa shape index (κ2) is 12.1. The predicted molar refractivity (Wildman–Crippen MR) is 144 cm³/mol. The Bertz CT molecular complexity index is 878. The molecular formula is C29H47N3O5. The summed E-state index contributed by atoms with van der Waals surface area (Å²) < 4.78 is 6.81. The maximum atomic E-state index is 14.3. The zero-order valence-electron chi connectivity index (χ0n) is 23.3. The summed E-state index contributed by atoms with van der Waals surface area (Å²) in [4.78, 5) is 47.3. The molecule has 3 aliphatic heterocycles. The first kappa shape index (κ1) is 29.4. The molecule has 3 aliphatic rings. The second-order valence-corrected chi connectivity index (χ2v) is 11.3. The van der Waals surface area contributed by atoms with Crippen molar-refractivity contribution in [3.8, 4) is 0 Å². The second-order valence-electron chi connectivity index (χ2n) is 11.3. The predicted octanol–water partition coefficient (Wildman–Crippen LogP) is 3.01. The number of unbranched alkanes of at least 4 members (excludes halogenated alkanes) is 4. The minimum atomic E-state index is -1.03. The van der Waals surface area contributed by atoms with Crippen molar-refractivity contribution in [1.82, 2.24) is 14.7 Å². The summed E-state index contributed by atoms with van der Waals surface area (Å²) >= 11 is 0. The largest absolute Gasteiger partial charge is 0.396 e. The van der Waals surface area contributed by atoms with Gasteiger partial charge in [0, 0.05) is 39.8 Å². The average Bonchev–Trinajstić information content (AvgIpc) is 3.37. The molecular weight excluding hydrogens is 470 g/mol. The Morgan fingerprint density at radius 2 is 1.84 bits per heavy atom. The van der Waals surface area contributed by atoms with Crippen LogP contribution in [0.1, 0.15) is 65.7 Å². The van der Waals surface area contributed by atoms with Gasteiger partial charge in [0.05, 0.1) is 17.4 Å². The van der Waals surface area contributed by atoms with E-state index in [1.165, 1.54) is 0 Å². The number of aliphatic hydroxyl groups is 1. The van der Waals surface area contributed by atoms with E-state index in [2.05, 4.69) is 27.0 Å². The average molecular weight is 518 g/mol. The fourth-order valence-electron chi connectivity index (χ4n) is 6.90. The number of aliphatic hydroxyl groups excluding tert-OH is 1. The van der Waals surface area contributed by atoms with Crippen LogP contribution in [0.2, 0.25) is 0 Å². The summed E-state index contributed by atoms with van der Waals surface area (Å²) in [5, 5.41) is 9.23. The number of hydrogen-bond acceptors (Lipinski definition) is 5. The molecule has 1 spiro atoms. The minimum absolute atomic E-state index is 0.0141. The van der Waals surface area contributed by atoms with Crippen molar-refractivity contribution in [3.05, 3.63) is 25.3 Å². The zero-order valence-corrected chi connectivity index (χ0v) is 23.3. The Kier molecular flexibility index (Phi) is 9.62. The summed E-state index contributed by atoms with van der Waals surface area (Å²) in [5.41, 5.74) is -1.85. The van der Waals surface area contributed by atoms with Gasteiger partial charge >= 0.3 is 0 Å². The van der Waals surface area contributed by atoms with Crippen LogP contribution in [0.4, 0.5) is 0 Å². The number of nitrogens with zero attached hydrogens (tertiary/aromatic N) is 3. The van der Waals surface area contributed by atoms with E-state index in [1.54, 1.807) is 33.9 Å². The van der Waals surface area contributed by atoms with E-state index in [0.717, 1.165) is 25.7 Å². The maximum Gasteiger partial charge on any atom is 0.248 e. The van der Waals surface area contributed by atoms with E-state index in [0.29, 0.717) is 45.4 Å². The minimum Gasteiger partial charge on any atom is -0.396 e. The van der Waals surface area contributed by atoms with E-state index < -0.39 is 29.1 Å². The molecule has 0 aliphatic carbocycles. The van der Waals surface area contributed by atoms with Crippen molar-refractivity contribution in [2.45, 2.75) is 83.0 Å². The molecule has 37 heavy (non-hydrogen) atoms. The van der Waals surface area contributed by atoms with Gasteiger partial charge in [0.2, 0.25) is 17.7 Å². The highest BCUT2D eigenvalue weighted by Crippen LogP contribution is 2.65. The highest BCUT2D eigenvalue weighted by molar-refractivity contribution is 5.99. The van der Waals surface area contributed by atoms with Crippen LogP contribution in [0.3, 0.4) is 0 Å². The fourth-order valence-corrected chi connectivity index (χ4v) is 6.90. The summed E-state index contributed by atoms with van der Waals surface area (Å²) in [6.45, 7) is 15.6. The number of amides is 3. The van der Waals surface area contributed by atoms with Crippen LogP contribution in [-0.4, -0.2) is 94.6 Å². The van der Waals surface area contributed by atoms with Crippen LogP contribution in [0.15, 0.2) is 25.3 Å². The smallest absolute Gasteiger partial charge is 0.248 e. The van der Waals surface area contributed by atoms with E-state index in [1.807, 2.05) is 6.92 Å². The SMILES string of the molecule is C=CCN(C)C(=O)[C@H]1[C@H]2C(=O)N(CCCCCO)C(C(=O)N(CC=C)CCCCC)C23CC(C)[C@]1(C)O3. The summed E-state index contributed by atoms with van der Waals surface area (Å²) in [6.07, 6.45) is 8.99. The molecule has 6 atom stereocenters. The highest BCUT2D eigenvalue weighted by atomic mass is 16.5. The Labute approximate surface area is 222 Å². The van der Waals surface area contributed by atoms with Crippen LogP contribution < -0.4 is 0 Å². The summed E-state index contributed by atoms with van der Waals surface area (Å²) in [5.74, 6) is -1.73. The molecule has 8 heteroatoms. The number of rotatable bonds is 15. The molecule has 3 saturated heterocycles. The number of carbonyl (C=O) groups excluding carboxylic acids is 3. The zero-order chi connectivity index (χ0) is 27.4. The first-order valence-electron chi connectivity index (χ1n) is 14.0. The van der Waals surface area contributed by atoms with Crippen molar-refractivity contribution < 1.29 is 24.2 Å². The Balaban J connectivity index is 2.03. The highest BCUT2D eigenvalue weighted by Gasteiger charge is 2.80. The number of likely N-dealkylation sites (N-methyl/N-ethyl adjacent to an activating group) is 1. The Hall–Kier alpha value is -2.19. The molecule has 3 unspecified atom stereocenters. The van der Waals surface area contributed by atoms with Crippen molar-refractivity contribution in [1.29, 1.82) is 0 Å². The maximum absolute atomic E-state index is 14.3. The molecule has 0 aromatic heterocycles. The van der Waals surface area contributed by atoms with Crippen LogP contribution in [-0.2, 0) is 19.1 Å². The molecule has 3 amide bonds. The molecule has 8 nitrogen and oxygen atoms in total. The van der Waals surface area contributed by atoms with Crippen LogP contribution in [0, 0.1) is 17.8 Å². The van der Waals surface area contributed by atoms with Gasteiger partial charge in [-0.05, 0) is 44.9 Å². The first-order valence-corrected chi connectivity index (χ1v) is 14.0. The molecule has 1 N–H and O–H groups in total. The summed E-state index contributed by atoms with van der Waals surface area (Å²) in [6, 6.07) is -0.771. The number of hydrogen-bond donors (Lipinski definition) is 1. The molecule has 3 heterocycles.